The summed E-state index contributed by atoms with van der Waals surface area (Å²) in [5.74, 6) is -0.0850. The van der Waals surface area contributed by atoms with E-state index >= 15 is 0 Å². The highest BCUT2D eigenvalue weighted by molar-refractivity contribution is 5.94. The summed E-state index contributed by atoms with van der Waals surface area (Å²) < 4.78 is 0. The van der Waals surface area contributed by atoms with Gasteiger partial charge in [-0.2, -0.15) is 5.26 Å². The van der Waals surface area contributed by atoms with Crippen LogP contribution in [0.15, 0.2) is 30.3 Å². The Morgan fingerprint density at radius 3 is 2.60 bits per heavy atom. The van der Waals surface area contributed by atoms with E-state index in [0.29, 0.717) is 5.56 Å². The molecule has 1 aliphatic rings. The number of carbonyl (C=O) groups is 1. The van der Waals surface area contributed by atoms with Crippen LogP contribution >= 0.6 is 0 Å². The van der Waals surface area contributed by atoms with Gasteiger partial charge in [0.25, 0.3) is 5.91 Å². The maximum absolute atomic E-state index is 11.7. The second-order valence-electron chi connectivity index (χ2n) is 3.76. The molecule has 2 rings (SSSR count). The van der Waals surface area contributed by atoms with Gasteiger partial charge >= 0.3 is 0 Å². The molecule has 2 unspecified atom stereocenters. The van der Waals surface area contributed by atoms with Crippen LogP contribution in [0.25, 0.3) is 0 Å². The lowest BCUT2D eigenvalue weighted by atomic mass is 9.80. The molecular weight excluding hydrogens is 188 g/mol. The number of nitrogens with one attached hydrogen (secondary N) is 1. The molecule has 1 aromatic rings. The molecule has 0 aromatic heterocycles. The zero-order chi connectivity index (χ0) is 10.7. The van der Waals surface area contributed by atoms with Crippen LogP contribution in [0.5, 0.6) is 0 Å². The highest BCUT2D eigenvalue weighted by atomic mass is 16.1. The quantitative estimate of drug-likeness (QED) is 0.790. The van der Waals surface area contributed by atoms with Crippen molar-refractivity contribution in [2.24, 2.45) is 5.92 Å². The molecule has 76 valence electrons. The highest BCUT2D eigenvalue weighted by Gasteiger charge is 2.31. The molecule has 1 N–H and O–H groups in total. The number of rotatable bonds is 2. The van der Waals surface area contributed by atoms with E-state index in [2.05, 4.69) is 11.4 Å². The largest absolute Gasteiger partial charge is 0.348 e. The third-order valence-corrected chi connectivity index (χ3v) is 2.79. The number of hydrogen-bond acceptors (Lipinski definition) is 2. The SMILES string of the molecule is N#CC1CCC1NC(=O)c1ccccc1. The Morgan fingerprint density at radius 2 is 2.07 bits per heavy atom. The summed E-state index contributed by atoms with van der Waals surface area (Å²) in [6.07, 6.45) is 1.81. The van der Waals surface area contributed by atoms with Gasteiger partial charge in [-0.1, -0.05) is 18.2 Å². The molecule has 3 heteroatoms. The van der Waals surface area contributed by atoms with Gasteiger partial charge in [-0.25, -0.2) is 0 Å². The maximum atomic E-state index is 11.7. The fourth-order valence-corrected chi connectivity index (χ4v) is 1.67. The molecule has 0 heterocycles. The van der Waals surface area contributed by atoms with Crippen LogP contribution in [-0.2, 0) is 0 Å². The molecule has 1 saturated carbocycles. The van der Waals surface area contributed by atoms with Crippen molar-refractivity contribution in [3.8, 4) is 6.07 Å². The van der Waals surface area contributed by atoms with Gasteiger partial charge in [-0.3, -0.25) is 4.79 Å². The molecule has 0 bridgehead atoms. The molecule has 2 atom stereocenters. The Morgan fingerprint density at radius 1 is 1.33 bits per heavy atom. The van der Waals surface area contributed by atoms with Gasteiger partial charge < -0.3 is 5.32 Å². The van der Waals surface area contributed by atoms with Crippen molar-refractivity contribution in [2.45, 2.75) is 18.9 Å². The van der Waals surface area contributed by atoms with Gasteiger partial charge in [-0.15, -0.1) is 0 Å². The topological polar surface area (TPSA) is 52.9 Å². The van der Waals surface area contributed by atoms with E-state index in [1.807, 2.05) is 18.2 Å². The van der Waals surface area contributed by atoms with Crippen molar-refractivity contribution in [1.29, 1.82) is 5.26 Å². The van der Waals surface area contributed by atoms with Crippen molar-refractivity contribution in [3.05, 3.63) is 35.9 Å². The van der Waals surface area contributed by atoms with Gasteiger partial charge in [-0.05, 0) is 25.0 Å². The van der Waals surface area contributed by atoms with Crippen molar-refractivity contribution < 1.29 is 4.79 Å². The molecule has 0 saturated heterocycles. The summed E-state index contributed by atoms with van der Waals surface area (Å²) in [4.78, 5) is 11.7. The van der Waals surface area contributed by atoms with E-state index in [1.165, 1.54) is 0 Å². The number of hydrogen-bond donors (Lipinski definition) is 1. The second-order valence-corrected chi connectivity index (χ2v) is 3.76. The number of nitriles is 1. The lowest BCUT2D eigenvalue weighted by Gasteiger charge is -2.32. The molecule has 0 aliphatic heterocycles. The predicted octanol–water partition coefficient (Wildman–Crippen LogP) is 1.72. The van der Waals surface area contributed by atoms with Gasteiger partial charge in [0.1, 0.15) is 0 Å². The van der Waals surface area contributed by atoms with E-state index < -0.39 is 0 Å². The van der Waals surface area contributed by atoms with Crippen LogP contribution in [0, 0.1) is 17.2 Å². The zero-order valence-corrected chi connectivity index (χ0v) is 8.31. The number of carbonyl (C=O) groups excluding carboxylic acids is 1. The Kier molecular flexibility index (Phi) is 2.68. The van der Waals surface area contributed by atoms with Crippen LogP contribution in [0.4, 0.5) is 0 Å². The molecule has 1 aliphatic carbocycles. The number of nitrogens with zero attached hydrogens (tertiary/aromatic N) is 1. The summed E-state index contributed by atoms with van der Waals surface area (Å²) in [5.41, 5.74) is 0.654. The molecule has 3 nitrogen and oxygen atoms in total. The summed E-state index contributed by atoms with van der Waals surface area (Å²) in [6, 6.07) is 11.3. The summed E-state index contributed by atoms with van der Waals surface area (Å²) >= 11 is 0. The summed E-state index contributed by atoms with van der Waals surface area (Å²) in [5, 5.41) is 11.6. The first-order chi connectivity index (χ1) is 7.31. The third kappa shape index (κ3) is 1.99. The normalized spacial score (nSPS) is 23.7. The second kappa shape index (κ2) is 4.14. The standard InChI is InChI=1S/C12H12N2O/c13-8-10-6-7-11(10)14-12(15)9-4-2-1-3-5-9/h1-5,10-11H,6-7H2,(H,14,15). The van der Waals surface area contributed by atoms with Crippen molar-refractivity contribution >= 4 is 5.91 Å². The van der Waals surface area contributed by atoms with E-state index in [9.17, 15) is 4.79 Å². The monoisotopic (exact) mass is 200 g/mol. The first kappa shape index (κ1) is 9.72. The Labute approximate surface area is 88.7 Å². The Bertz CT molecular complexity index is 394. The summed E-state index contributed by atoms with van der Waals surface area (Å²) in [6.45, 7) is 0. The highest BCUT2D eigenvalue weighted by Crippen LogP contribution is 2.26. The van der Waals surface area contributed by atoms with E-state index in [-0.39, 0.29) is 17.9 Å². The number of amides is 1. The predicted molar refractivity (Wildman–Crippen MR) is 56.0 cm³/mol. The maximum Gasteiger partial charge on any atom is 0.251 e. The molecule has 1 fully saturated rings. The van der Waals surface area contributed by atoms with Gasteiger partial charge in [0.05, 0.1) is 12.0 Å². The van der Waals surface area contributed by atoms with Crippen molar-refractivity contribution in [1.82, 2.24) is 5.32 Å². The third-order valence-electron chi connectivity index (χ3n) is 2.79. The van der Waals surface area contributed by atoms with E-state index in [1.54, 1.807) is 12.1 Å². The van der Waals surface area contributed by atoms with Crippen LogP contribution < -0.4 is 5.32 Å². The molecular formula is C12H12N2O. The minimum atomic E-state index is -0.0828. The molecule has 1 amide bonds. The van der Waals surface area contributed by atoms with Gasteiger partial charge in [0, 0.05) is 11.6 Å². The smallest absolute Gasteiger partial charge is 0.251 e. The Hall–Kier alpha value is -1.82. The number of benzene rings is 1. The molecule has 0 radical (unpaired) electrons. The fourth-order valence-electron chi connectivity index (χ4n) is 1.67. The zero-order valence-electron chi connectivity index (χ0n) is 8.31. The van der Waals surface area contributed by atoms with E-state index in [4.69, 9.17) is 5.26 Å². The molecule has 15 heavy (non-hydrogen) atoms. The molecule has 0 spiro atoms. The minimum absolute atomic E-state index is 0.00216. The first-order valence-electron chi connectivity index (χ1n) is 5.07. The Balaban J connectivity index is 1.97. The van der Waals surface area contributed by atoms with Crippen LogP contribution in [0.3, 0.4) is 0 Å². The van der Waals surface area contributed by atoms with E-state index in [0.717, 1.165) is 12.8 Å². The van der Waals surface area contributed by atoms with Gasteiger partial charge in [0.15, 0.2) is 0 Å². The minimum Gasteiger partial charge on any atom is -0.348 e. The van der Waals surface area contributed by atoms with Crippen LogP contribution in [-0.4, -0.2) is 11.9 Å². The first-order valence-corrected chi connectivity index (χ1v) is 5.07. The van der Waals surface area contributed by atoms with Crippen LogP contribution in [0.1, 0.15) is 23.2 Å². The lowest BCUT2D eigenvalue weighted by Crippen LogP contribution is -2.46. The van der Waals surface area contributed by atoms with Gasteiger partial charge in [0.2, 0.25) is 0 Å². The average molecular weight is 200 g/mol. The lowest BCUT2D eigenvalue weighted by molar-refractivity contribution is 0.0898. The average Bonchev–Trinajstić information content (AvgIpc) is 2.26. The van der Waals surface area contributed by atoms with Crippen molar-refractivity contribution in [3.63, 3.8) is 0 Å². The van der Waals surface area contributed by atoms with Crippen molar-refractivity contribution in [2.75, 3.05) is 0 Å². The van der Waals surface area contributed by atoms with Crippen LogP contribution in [0.2, 0.25) is 0 Å². The molecule has 1 aromatic carbocycles. The summed E-state index contributed by atoms with van der Waals surface area (Å²) in [7, 11) is 0. The fraction of sp³-hybridized carbons (Fsp3) is 0.333.